The van der Waals surface area contributed by atoms with Crippen molar-refractivity contribution in [3.05, 3.63) is 35.9 Å². The Labute approximate surface area is 147 Å². The first-order valence-electron chi connectivity index (χ1n) is 8.75. The van der Waals surface area contributed by atoms with Crippen molar-refractivity contribution in [3.8, 4) is 5.88 Å². The van der Waals surface area contributed by atoms with Crippen LogP contribution < -0.4 is 15.8 Å². The highest BCUT2D eigenvalue weighted by Crippen LogP contribution is 2.25. The lowest BCUT2D eigenvalue weighted by molar-refractivity contribution is 0.101. The van der Waals surface area contributed by atoms with E-state index in [1.165, 1.54) is 32.1 Å². The fraction of sp³-hybridized carbons (Fsp3) is 0.421. The Morgan fingerprint density at radius 1 is 1.20 bits per heavy atom. The number of ketones is 1. The molecule has 3 rings (SSSR count). The number of anilines is 3. The average Bonchev–Trinajstić information content (AvgIpc) is 2.61. The normalized spacial score (nSPS) is 14.9. The summed E-state index contributed by atoms with van der Waals surface area (Å²) in [4.78, 5) is 19.9. The molecule has 0 aliphatic heterocycles. The molecule has 1 aliphatic rings. The number of benzene rings is 1. The lowest BCUT2D eigenvalue weighted by Crippen LogP contribution is -2.16. The van der Waals surface area contributed by atoms with Crippen LogP contribution in [0.1, 0.15) is 49.4 Å². The van der Waals surface area contributed by atoms with E-state index in [1.54, 1.807) is 25.1 Å². The van der Waals surface area contributed by atoms with Gasteiger partial charge in [0.05, 0.1) is 6.61 Å². The first kappa shape index (κ1) is 17.2. The van der Waals surface area contributed by atoms with Crippen LogP contribution in [0.4, 0.5) is 17.5 Å². The topological polar surface area (TPSA) is 90.1 Å². The van der Waals surface area contributed by atoms with E-state index in [0.29, 0.717) is 35.7 Å². The standard InChI is InChI=1S/C19H24N4O2/c1-13(24)15-7-9-16(10-8-15)21-19-22-17(20)11-18(23-19)25-12-14-5-3-2-4-6-14/h7-11,14H,2-6,12H2,1H3,(H3,20,21,22,23). The molecule has 1 heterocycles. The number of nitrogens with one attached hydrogen (secondary N) is 1. The van der Waals surface area contributed by atoms with Gasteiger partial charge in [0, 0.05) is 17.3 Å². The maximum atomic E-state index is 11.3. The quantitative estimate of drug-likeness (QED) is 0.774. The van der Waals surface area contributed by atoms with Gasteiger partial charge in [0.25, 0.3) is 0 Å². The molecule has 0 saturated heterocycles. The van der Waals surface area contributed by atoms with Gasteiger partial charge in [0.15, 0.2) is 5.78 Å². The van der Waals surface area contributed by atoms with Gasteiger partial charge in [-0.3, -0.25) is 4.79 Å². The predicted molar refractivity (Wildman–Crippen MR) is 98.2 cm³/mol. The first-order chi connectivity index (χ1) is 12.1. The minimum Gasteiger partial charge on any atom is -0.477 e. The Morgan fingerprint density at radius 3 is 2.60 bits per heavy atom. The zero-order valence-electron chi connectivity index (χ0n) is 14.5. The van der Waals surface area contributed by atoms with Gasteiger partial charge in [0.1, 0.15) is 5.82 Å². The van der Waals surface area contributed by atoms with Crippen LogP contribution >= 0.6 is 0 Å². The van der Waals surface area contributed by atoms with Crippen LogP contribution in [-0.4, -0.2) is 22.4 Å². The van der Waals surface area contributed by atoms with Crippen molar-refractivity contribution in [2.45, 2.75) is 39.0 Å². The average molecular weight is 340 g/mol. The number of hydrogen-bond donors (Lipinski definition) is 2. The van der Waals surface area contributed by atoms with Crippen LogP contribution in [0.2, 0.25) is 0 Å². The van der Waals surface area contributed by atoms with Crippen molar-refractivity contribution in [3.63, 3.8) is 0 Å². The highest BCUT2D eigenvalue weighted by molar-refractivity contribution is 5.94. The minimum absolute atomic E-state index is 0.0326. The minimum atomic E-state index is 0.0326. The molecule has 1 fully saturated rings. The summed E-state index contributed by atoms with van der Waals surface area (Å²) in [6.45, 7) is 2.21. The van der Waals surface area contributed by atoms with Crippen molar-refractivity contribution in [2.24, 2.45) is 5.92 Å². The second-order valence-corrected chi connectivity index (χ2v) is 6.53. The Balaban J connectivity index is 1.65. The molecule has 1 saturated carbocycles. The number of nitrogens with zero attached hydrogens (tertiary/aromatic N) is 2. The molecule has 0 radical (unpaired) electrons. The molecule has 0 spiro atoms. The number of hydrogen-bond acceptors (Lipinski definition) is 6. The number of nitrogen functional groups attached to an aromatic ring is 1. The summed E-state index contributed by atoms with van der Waals surface area (Å²) in [6, 6.07) is 8.79. The van der Waals surface area contributed by atoms with Gasteiger partial charge >= 0.3 is 0 Å². The Kier molecular flexibility index (Phi) is 5.48. The van der Waals surface area contributed by atoms with Crippen molar-refractivity contribution in [2.75, 3.05) is 17.7 Å². The molecule has 0 atom stereocenters. The van der Waals surface area contributed by atoms with E-state index in [9.17, 15) is 4.79 Å². The molecular formula is C19H24N4O2. The zero-order chi connectivity index (χ0) is 17.6. The molecule has 1 aliphatic carbocycles. The summed E-state index contributed by atoms with van der Waals surface area (Å²) in [7, 11) is 0. The predicted octanol–water partition coefficient (Wildman–Crippen LogP) is 3.96. The first-order valence-corrected chi connectivity index (χ1v) is 8.75. The summed E-state index contributed by atoms with van der Waals surface area (Å²) < 4.78 is 5.84. The van der Waals surface area contributed by atoms with Gasteiger partial charge < -0.3 is 15.8 Å². The number of carbonyl (C=O) groups excluding carboxylic acids is 1. The molecule has 2 aromatic rings. The van der Waals surface area contributed by atoms with Crippen LogP contribution in [-0.2, 0) is 0 Å². The van der Waals surface area contributed by atoms with E-state index in [2.05, 4.69) is 15.3 Å². The van der Waals surface area contributed by atoms with Crippen LogP contribution in [0, 0.1) is 5.92 Å². The lowest BCUT2D eigenvalue weighted by Gasteiger charge is -2.21. The monoisotopic (exact) mass is 340 g/mol. The molecule has 0 unspecified atom stereocenters. The van der Waals surface area contributed by atoms with Crippen molar-refractivity contribution < 1.29 is 9.53 Å². The summed E-state index contributed by atoms with van der Waals surface area (Å²) in [6.07, 6.45) is 6.32. The highest BCUT2D eigenvalue weighted by Gasteiger charge is 2.15. The van der Waals surface area contributed by atoms with E-state index >= 15 is 0 Å². The second-order valence-electron chi connectivity index (χ2n) is 6.53. The largest absolute Gasteiger partial charge is 0.477 e. The van der Waals surface area contributed by atoms with Gasteiger partial charge in [-0.2, -0.15) is 9.97 Å². The zero-order valence-corrected chi connectivity index (χ0v) is 14.5. The lowest BCUT2D eigenvalue weighted by atomic mass is 9.90. The summed E-state index contributed by atoms with van der Waals surface area (Å²) >= 11 is 0. The van der Waals surface area contributed by atoms with Crippen molar-refractivity contribution in [1.29, 1.82) is 0 Å². The smallest absolute Gasteiger partial charge is 0.232 e. The number of carbonyl (C=O) groups is 1. The number of rotatable bonds is 6. The molecule has 1 aromatic heterocycles. The van der Waals surface area contributed by atoms with E-state index in [0.717, 1.165) is 5.69 Å². The van der Waals surface area contributed by atoms with Crippen LogP contribution in [0.15, 0.2) is 30.3 Å². The molecule has 132 valence electrons. The van der Waals surface area contributed by atoms with Gasteiger partial charge in [0.2, 0.25) is 11.8 Å². The maximum Gasteiger partial charge on any atom is 0.232 e. The fourth-order valence-electron chi connectivity index (χ4n) is 3.05. The molecule has 6 nitrogen and oxygen atoms in total. The third kappa shape index (κ3) is 4.92. The molecular weight excluding hydrogens is 316 g/mol. The summed E-state index contributed by atoms with van der Waals surface area (Å²) in [5.74, 6) is 1.86. The van der Waals surface area contributed by atoms with Gasteiger partial charge in [-0.05, 0) is 49.9 Å². The van der Waals surface area contributed by atoms with Gasteiger partial charge in [-0.25, -0.2) is 0 Å². The highest BCUT2D eigenvalue weighted by atomic mass is 16.5. The SMILES string of the molecule is CC(=O)c1ccc(Nc2nc(N)cc(OCC3CCCCC3)n2)cc1. The molecule has 25 heavy (non-hydrogen) atoms. The molecule has 0 amide bonds. The number of Topliss-reactive ketones (excluding diaryl/α,β-unsaturated/α-hetero) is 1. The maximum absolute atomic E-state index is 11.3. The number of aromatic nitrogens is 2. The third-order valence-electron chi connectivity index (χ3n) is 4.46. The molecule has 3 N–H and O–H groups in total. The Morgan fingerprint density at radius 2 is 1.92 bits per heavy atom. The number of ether oxygens (including phenoxy) is 1. The van der Waals surface area contributed by atoms with E-state index in [4.69, 9.17) is 10.5 Å². The molecule has 1 aromatic carbocycles. The summed E-state index contributed by atoms with van der Waals surface area (Å²) in [5.41, 5.74) is 7.32. The van der Waals surface area contributed by atoms with Crippen molar-refractivity contribution in [1.82, 2.24) is 9.97 Å². The fourth-order valence-corrected chi connectivity index (χ4v) is 3.05. The van der Waals surface area contributed by atoms with Crippen LogP contribution in [0.3, 0.4) is 0 Å². The van der Waals surface area contributed by atoms with Gasteiger partial charge in [-0.1, -0.05) is 19.3 Å². The summed E-state index contributed by atoms with van der Waals surface area (Å²) in [5, 5.41) is 3.10. The van der Waals surface area contributed by atoms with E-state index in [1.807, 2.05) is 12.1 Å². The second kappa shape index (κ2) is 7.96. The Bertz CT molecular complexity index is 725. The third-order valence-corrected chi connectivity index (χ3v) is 4.46. The van der Waals surface area contributed by atoms with Crippen LogP contribution in [0.25, 0.3) is 0 Å². The van der Waals surface area contributed by atoms with Crippen LogP contribution in [0.5, 0.6) is 5.88 Å². The van der Waals surface area contributed by atoms with Crippen molar-refractivity contribution >= 4 is 23.2 Å². The van der Waals surface area contributed by atoms with E-state index < -0.39 is 0 Å². The Hall–Kier alpha value is -2.63. The van der Waals surface area contributed by atoms with E-state index in [-0.39, 0.29) is 5.78 Å². The van der Waals surface area contributed by atoms with Gasteiger partial charge in [-0.15, -0.1) is 0 Å². The molecule has 6 heteroatoms. The number of nitrogens with two attached hydrogens (primary N) is 1. The molecule has 0 bridgehead atoms.